The Hall–Kier alpha value is -3.99. The van der Waals surface area contributed by atoms with E-state index in [4.69, 9.17) is 9.72 Å². The Morgan fingerprint density at radius 2 is 1.75 bits per heavy atom. The van der Waals surface area contributed by atoms with Gasteiger partial charge in [0, 0.05) is 46.3 Å². The van der Waals surface area contributed by atoms with Crippen LogP contribution in [0.15, 0.2) is 71.2 Å². The summed E-state index contributed by atoms with van der Waals surface area (Å²) in [7, 11) is 0. The highest BCUT2D eigenvalue weighted by molar-refractivity contribution is 9.10. The van der Waals surface area contributed by atoms with Gasteiger partial charge in [0.2, 0.25) is 6.36 Å². The second kappa shape index (κ2) is 15.1. The number of nitrogens with one attached hydrogen (secondary N) is 1. The van der Waals surface area contributed by atoms with Crippen molar-refractivity contribution >= 4 is 38.7 Å². The minimum absolute atomic E-state index is 0.0191. The van der Waals surface area contributed by atoms with E-state index >= 15 is 4.39 Å². The van der Waals surface area contributed by atoms with E-state index in [1.54, 1.807) is 32.0 Å². The second-order valence-corrected chi connectivity index (χ2v) is 11.1. The Labute approximate surface area is 260 Å². The number of alkyl halides is 3. The zero-order valence-electron chi connectivity index (χ0n) is 24.1. The van der Waals surface area contributed by atoms with Crippen LogP contribution in [0.3, 0.4) is 0 Å². The quantitative estimate of drug-likeness (QED) is 0.113. The largest absolute Gasteiger partial charge is 0.434 e. The number of hydrogen-bond donors (Lipinski definition) is 1. The summed E-state index contributed by atoms with van der Waals surface area (Å²) in [5, 5.41) is 3.37. The smallest absolute Gasteiger partial charge is 0.387 e. The summed E-state index contributed by atoms with van der Waals surface area (Å²) in [5.41, 5.74) is 2.64. The molecule has 2 unspecified atom stereocenters. The van der Waals surface area contributed by atoms with E-state index in [2.05, 4.69) is 26.0 Å². The number of halogens is 5. The van der Waals surface area contributed by atoms with Crippen molar-refractivity contribution in [1.29, 1.82) is 0 Å². The summed E-state index contributed by atoms with van der Waals surface area (Å²) < 4.78 is 65.6. The van der Waals surface area contributed by atoms with E-state index in [9.17, 15) is 22.8 Å². The van der Waals surface area contributed by atoms with Gasteiger partial charge in [-0.2, -0.15) is 8.78 Å². The van der Waals surface area contributed by atoms with Crippen LogP contribution in [0, 0.1) is 12.7 Å². The normalized spacial score (nSPS) is 12.6. The molecule has 0 aliphatic heterocycles. The molecular formula is C33H31BrF4N2O4. The number of fused-ring (bicyclic) bond motifs is 1. The van der Waals surface area contributed by atoms with Crippen molar-refractivity contribution in [2.75, 3.05) is 6.54 Å². The number of esters is 1. The van der Waals surface area contributed by atoms with E-state index < -0.39 is 42.3 Å². The first-order valence-corrected chi connectivity index (χ1v) is 14.9. The van der Waals surface area contributed by atoms with Crippen molar-refractivity contribution in [3.8, 4) is 17.0 Å². The first kappa shape index (κ1) is 32.9. The van der Waals surface area contributed by atoms with E-state index in [1.165, 1.54) is 12.1 Å². The van der Waals surface area contributed by atoms with Crippen LogP contribution in [-0.4, -0.2) is 36.4 Å². The summed E-state index contributed by atoms with van der Waals surface area (Å²) in [6.45, 7) is 0.0147. The molecule has 0 bridgehead atoms. The van der Waals surface area contributed by atoms with Crippen LogP contribution in [0.5, 0.6) is 5.75 Å². The van der Waals surface area contributed by atoms with Gasteiger partial charge in [0.25, 0.3) is 5.91 Å². The molecule has 0 radical (unpaired) electrons. The zero-order valence-corrected chi connectivity index (χ0v) is 25.7. The number of aromatic nitrogens is 1. The molecule has 4 rings (SSSR count). The molecule has 1 N–H and O–H groups in total. The van der Waals surface area contributed by atoms with Gasteiger partial charge in [-0.15, -0.1) is 0 Å². The lowest BCUT2D eigenvalue weighted by molar-refractivity contribution is -0.158. The van der Waals surface area contributed by atoms with E-state index in [0.29, 0.717) is 34.1 Å². The Balaban J connectivity index is 1.69. The van der Waals surface area contributed by atoms with Crippen molar-refractivity contribution < 1.29 is 36.6 Å². The highest BCUT2D eigenvalue weighted by Gasteiger charge is 2.26. The minimum Gasteiger partial charge on any atom is -0.434 e. The second-order valence-electron chi connectivity index (χ2n) is 10.2. The van der Waals surface area contributed by atoms with Crippen LogP contribution in [0.25, 0.3) is 22.2 Å². The molecule has 1 amide bonds. The Kier molecular flexibility index (Phi) is 11.3. The highest BCUT2D eigenvalue weighted by Crippen LogP contribution is 2.35. The third-order valence-corrected chi connectivity index (χ3v) is 7.58. The summed E-state index contributed by atoms with van der Waals surface area (Å²) in [4.78, 5) is 31.0. The number of carbonyl (C=O) groups excluding carboxylic acids is 2. The van der Waals surface area contributed by atoms with Crippen LogP contribution >= 0.6 is 15.9 Å². The number of hydrogen-bond acceptors (Lipinski definition) is 5. The molecule has 1 aromatic heterocycles. The lowest BCUT2D eigenvalue weighted by Gasteiger charge is -2.22. The van der Waals surface area contributed by atoms with Crippen molar-refractivity contribution in [1.82, 2.24) is 10.3 Å². The molecule has 11 heteroatoms. The van der Waals surface area contributed by atoms with Gasteiger partial charge in [-0.1, -0.05) is 59.3 Å². The van der Waals surface area contributed by atoms with Gasteiger partial charge in [0.15, 0.2) is 0 Å². The molecule has 0 spiro atoms. The lowest BCUT2D eigenvalue weighted by Crippen LogP contribution is -2.30. The maximum Gasteiger partial charge on any atom is 0.387 e. The topological polar surface area (TPSA) is 77.5 Å². The predicted molar refractivity (Wildman–Crippen MR) is 163 cm³/mol. The number of ether oxygens (including phenoxy) is 2. The summed E-state index contributed by atoms with van der Waals surface area (Å²) >= 11 is 3.45. The van der Waals surface area contributed by atoms with Gasteiger partial charge in [-0.3, -0.25) is 9.59 Å². The molecule has 0 fully saturated rings. The summed E-state index contributed by atoms with van der Waals surface area (Å²) in [6, 6.07) is 18.2. The molecule has 2 atom stereocenters. The van der Waals surface area contributed by atoms with Gasteiger partial charge in [-0.05, 0) is 55.7 Å². The molecule has 0 saturated heterocycles. The highest BCUT2D eigenvalue weighted by atomic mass is 79.9. The average Bonchev–Trinajstić information content (AvgIpc) is 2.97. The molecule has 0 saturated carbocycles. The fourth-order valence-electron chi connectivity index (χ4n) is 5.04. The van der Waals surface area contributed by atoms with Gasteiger partial charge >= 0.3 is 12.6 Å². The molecule has 3 aromatic carbocycles. The maximum atomic E-state index is 15.2. The SMILES string of the molecule is CCCC(F)OC(=O)CCC(CNC(=O)c1c(C)c(-c2ccccc2)nc2ccc(Br)cc12)c1c(F)cccc1OC(F)F. The fraction of sp³-hybridized carbons (Fsp3) is 0.303. The van der Waals surface area contributed by atoms with Crippen LogP contribution in [-0.2, 0) is 9.53 Å². The number of amides is 1. The Bertz CT molecular complexity index is 1620. The molecule has 232 valence electrons. The molecule has 0 aliphatic carbocycles. The first-order valence-electron chi connectivity index (χ1n) is 14.1. The summed E-state index contributed by atoms with van der Waals surface area (Å²) in [5.74, 6) is -3.67. The molecule has 6 nitrogen and oxygen atoms in total. The minimum atomic E-state index is -3.24. The van der Waals surface area contributed by atoms with E-state index in [0.717, 1.165) is 16.1 Å². The standard InChI is InChI=1S/C33H31BrF4N2O4/c1-3-8-27(36)44-28(41)16-13-21(30-24(35)11-7-12-26(30)43-33(37)38)18-39-32(42)29-19(2)31(20-9-5-4-6-10-20)40-25-15-14-22(34)17-23(25)29/h4-7,9-12,14-15,17,21,27,33H,3,8,13,16,18H2,1-2H3,(H,39,42). The maximum absolute atomic E-state index is 15.2. The van der Waals surface area contributed by atoms with Crippen LogP contribution in [0.4, 0.5) is 17.6 Å². The summed E-state index contributed by atoms with van der Waals surface area (Å²) in [6.07, 6.45) is -1.81. The first-order chi connectivity index (χ1) is 21.1. The number of nitrogens with zero attached hydrogens (tertiary/aromatic N) is 1. The van der Waals surface area contributed by atoms with E-state index in [1.807, 2.05) is 30.3 Å². The van der Waals surface area contributed by atoms with Crippen LogP contribution < -0.4 is 10.1 Å². The monoisotopic (exact) mass is 674 g/mol. The van der Waals surface area contributed by atoms with Crippen molar-refractivity contribution in [3.05, 3.63) is 93.7 Å². The van der Waals surface area contributed by atoms with Crippen molar-refractivity contribution in [2.45, 2.75) is 58.4 Å². The molecule has 44 heavy (non-hydrogen) atoms. The van der Waals surface area contributed by atoms with Crippen LogP contribution in [0.2, 0.25) is 0 Å². The number of carbonyl (C=O) groups is 2. The van der Waals surface area contributed by atoms with E-state index in [-0.39, 0.29) is 31.4 Å². The Morgan fingerprint density at radius 1 is 1.00 bits per heavy atom. The number of benzene rings is 3. The van der Waals surface area contributed by atoms with Gasteiger partial charge in [0.05, 0.1) is 16.8 Å². The average molecular weight is 676 g/mol. The third kappa shape index (κ3) is 8.13. The van der Waals surface area contributed by atoms with Crippen molar-refractivity contribution in [3.63, 3.8) is 0 Å². The zero-order chi connectivity index (χ0) is 31.8. The van der Waals surface area contributed by atoms with Crippen molar-refractivity contribution in [2.24, 2.45) is 0 Å². The van der Waals surface area contributed by atoms with Crippen LogP contribution in [0.1, 0.15) is 60.0 Å². The number of rotatable bonds is 13. The predicted octanol–water partition coefficient (Wildman–Crippen LogP) is 8.65. The number of pyridine rings is 1. The Morgan fingerprint density at radius 3 is 2.45 bits per heavy atom. The molecule has 1 heterocycles. The third-order valence-electron chi connectivity index (χ3n) is 7.08. The fourth-order valence-corrected chi connectivity index (χ4v) is 5.41. The van der Waals surface area contributed by atoms with Gasteiger partial charge in [0.1, 0.15) is 11.6 Å². The lowest BCUT2D eigenvalue weighted by atomic mass is 9.92. The van der Waals surface area contributed by atoms with Gasteiger partial charge in [-0.25, -0.2) is 13.8 Å². The molecule has 0 aliphatic rings. The van der Waals surface area contributed by atoms with Gasteiger partial charge < -0.3 is 14.8 Å². The molecule has 4 aromatic rings. The molecular weight excluding hydrogens is 644 g/mol.